The molecule has 1 fully saturated rings. The molecular formula is C15H20N4O2. The van der Waals surface area contributed by atoms with E-state index < -0.39 is 0 Å². The fourth-order valence-corrected chi connectivity index (χ4v) is 2.94. The number of hydrogen-bond acceptors (Lipinski definition) is 4. The maximum absolute atomic E-state index is 12.3. The number of carbonyl (C=O) groups is 1. The van der Waals surface area contributed by atoms with Crippen molar-refractivity contribution in [3.8, 4) is 0 Å². The van der Waals surface area contributed by atoms with Crippen molar-refractivity contribution in [2.45, 2.75) is 39.7 Å². The van der Waals surface area contributed by atoms with Gasteiger partial charge in [-0.1, -0.05) is 5.16 Å². The minimum atomic E-state index is 0.0928. The maximum Gasteiger partial charge on any atom is 0.230 e. The monoisotopic (exact) mass is 288 g/mol. The molecule has 1 aliphatic rings. The molecule has 0 unspecified atom stereocenters. The molecule has 0 saturated carbocycles. The number of rotatable bonds is 3. The van der Waals surface area contributed by atoms with Crippen LogP contribution in [0.3, 0.4) is 0 Å². The summed E-state index contributed by atoms with van der Waals surface area (Å²) >= 11 is 0. The predicted octanol–water partition coefficient (Wildman–Crippen LogP) is 1.81. The Bertz CT molecular complexity index is 658. The fraction of sp³-hybridized carbons (Fsp3) is 0.533. The first-order valence-corrected chi connectivity index (χ1v) is 7.25. The van der Waals surface area contributed by atoms with Gasteiger partial charge in [-0.2, -0.15) is 5.10 Å². The van der Waals surface area contributed by atoms with Crippen LogP contribution in [0.2, 0.25) is 0 Å². The second kappa shape index (κ2) is 5.35. The molecule has 0 spiro atoms. The molecule has 6 heteroatoms. The smallest absolute Gasteiger partial charge is 0.230 e. The lowest BCUT2D eigenvalue weighted by atomic mass is 10.2. The molecule has 0 aliphatic carbocycles. The molecule has 1 aliphatic heterocycles. The Morgan fingerprint density at radius 1 is 1.33 bits per heavy atom. The van der Waals surface area contributed by atoms with Crippen molar-refractivity contribution >= 4 is 5.91 Å². The molecule has 21 heavy (non-hydrogen) atoms. The highest BCUT2D eigenvalue weighted by molar-refractivity contribution is 5.78. The van der Waals surface area contributed by atoms with E-state index in [0.717, 1.165) is 30.0 Å². The van der Waals surface area contributed by atoms with Gasteiger partial charge in [0.05, 0.1) is 23.9 Å². The molecule has 0 N–H and O–H groups in total. The summed E-state index contributed by atoms with van der Waals surface area (Å²) in [6.07, 6.45) is 1.23. The minimum absolute atomic E-state index is 0.0928. The Hall–Kier alpha value is -2.11. The van der Waals surface area contributed by atoms with Crippen LogP contribution in [0.15, 0.2) is 16.7 Å². The normalized spacial score (nSPS) is 18.4. The summed E-state index contributed by atoms with van der Waals surface area (Å²) in [5.41, 5.74) is 2.98. The summed E-state index contributed by atoms with van der Waals surface area (Å²) in [5, 5.41) is 8.34. The quantitative estimate of drug-likeness (QED) is 0.864. The van der Waals surface area contributed by atoms with Gasteiger partial charge in [0.25, 0.3) is 0 Å². The average molecular weight is 288 g/mol. The van der Waals surface area contributed by atoms with Gasteiger partial charge in [-0.05, 0) is 33.3 Å². The van der Waals surface area contributed by atoms with Gasteiger partial charge in [-0.15, -0.1) is 0 Å². The lowest BCUT2D eigenvalue weighted by molar-refractivity contribution is -0.129. The molecule has 2 aromatic heterocycles. The summed E-state index contributed by atoms with van der Waals surface area (Å²) in [5.74, 6) is 0.724. The highest BCUT2D eigenvalue weighted by atomic mass is 16.5. The van der Waals surface area contributed by atoms with Crippen LogP contribution < -0.4 is 0 Å². The Kier molecular flexibility index (Phi) is 3.53. The van der Waals surface area contributed by atoms with Crippen molar-refractivity contribution in [3.05, 3.63) is 35.0 Å². The first-order chi connectivity index (χ1) is 10.0. The van der Waals surface area contributed by atoms with Crippen molar-refractivity contribution in [2.75, 3.05) is 13.1 Å². The van der Waals surface area contributed by atoms with E-state index in [0.29, 0.717) is 12.3 Å². The Morgan fingerprint density at radius 2 is 2.14 bits per heavy atom. The van der Waals surface area contributed by atoms with Gasteiger partial charge < -0.3 is 9.42 Å². The summed E-state index contributed by atoms with van der Waals surface area (Å²) in [4.78, 5) is 14.2. The van der Waals surface area contributed by atoms with Crippen molar-refractivity contribution in [1.29, 1.82) is 0 Å². The number of hydrogen-bond donors (Lipinski definition) is 0. The second-order valence-electron chi connectivity index (χ2n) is 5.77. The summed E-state index contributed by atoms with van der Waals surface area (Å²) in [7, 11) is 0. The molecule has 2 aromatic rings. The average Bonchev–Trinajstić information content (AvgIpc) is 3.10. The summed E-state index contributed by atoms with van der Waals surface area (Å²) in [6.45, 7) is 7.39. The van der Waals surface area contributed by atoms with Gasteiger partial charge in [0.15, 0.2) is 0 Å². The lowest BCUT2D eigenvalue weighted by Gasteiger charge is -2.16. The van der Waals surface area contributed by atoms with Gasteiger partial charge in [0.1, 0.15) is 5.76 Å². The topological polar surface area (TPSA) is 64.2 Å². The SMILES string of the molecule is Cc1cc(CC(=O)N2CC[C@@H](n3nc(C)cc3C)C2)on1. The molecule has 0 aromatic carbocycles. The molecule has 1 atom stereocenters. The Balaban J connectivity index is 1.64. The van der Waals surface area contributed by atoms with E-state index in [4.69, 9.17) is 4.52 Å². The molecule has 3 rings (SSSR count). The minimum Gasteiger partial charge on any atom is -0.361 e. The third kappa shape index (κ3) is 2.84. The van der Waals surface area contributed by atoms with Crippen LogP contribution in [0.5, 0.6) is 0 Å². The number of aryl methyl sites for hydroxylation is 3. The highest BCUT2D eigenvalue weighted by Crippen LogP contribution is 2.23. The lowest BCUT2D eigenvalue weighted by Crippen LogP contribution is -2.30. The number of amides is 1. The first-order valence-electron chi connectivity index (χ1n) is 7.25. The summed E-state index contributed by atoms with van der Waals surface area (Å²) < 4.78 is 7.16. The van der Waals surface area contributed by atoms with Crippen molar-refractivity contribution in [1.82, 2.24) is 19.8 Å². The third-order valence-electron chi connectivity index (χ3n) is 3.91. The van der Waals surface area contributed by atoms with E-state index >= 15 is 0 Å². The van der Waals surface area contributed by atoms with E-state index in [-0.39, 0.29) is 18.4 Å². The van der Waals surface area contributed by atoms with Crippen molar-refractivity contribution in [3.63, 3.8) is 0 Å². The molecule has 1 saturated heterocycles. The zero-order chi connectivity index (χ0) is 15.0. The number of likely N-dealkylation sites (tertiary alicyclic amines) is 1. The zero-order valence-electron chi connectivity index (χ0n) is 12.7. The molecule has 0 radical (unpaired) electrons. The van der Waals surface area contributed by atoms with Gasteiger partial charge in [0.2, 0.25) is 5.91 Å². The second-order valence-corrected chi connectivity index (χ2v) is 5.77. The standard InChI is InChI=1S/C15H20N4O2/c1-10-6-12(3)19(16-10)13-4-5-18(9-13)15(20)8-14-7-11(2)17-21-14/h6-7,13H,4-5,8-9H2,1-3H3/t13-/m1/s1. The van der Waals surface area contributed by atoms with E-state index in [2.05, 4.69) is 23.2 Å². The highest BCUT2D eigenvalue weighted by Gasteiger charge is 2.29. The first kappa shape index (κ1) is 13.9. The van der Waals surface area contributed by atoms with E-state index in [9.17, 15) is 4.79 Å². The fourth-order valence-electron chi connectivity index (χ4n) is 2.94. The van der Waals surface area contributed by atoms with Crippen LogP contribution in [-0.2, 0) is 11.2 Å². The van der Waals surface area contributed by atoms with E-state index in [1.165, 1.54) is 0 Å². The van der Waals surface area contributed by atoms with Crippen molar-refractivity contribution in [2.24, 2.45) is 0 Å². The number of carbonyl (C=O) groups excluding carboxylic acids is 1. The largest absolute Gasteiger partial charge is 0.361 e. The molecule has 1 amide bonds. The van der Waals surface area contributed by atoms with Crippen molar-refractivity contribution < 1.29 is 9.32 Å². The molecular weight excluding hydrogens is 268 g/mol. The van der Waals surface area contributed by atoms with Crippen LogP contribution in [0.1, 0.15) is 35.3 Å². The van der Waals surface area contributed by atoms with E-state index in [1.54, 1.807) is 0 Å². The predicted molar refractivity (Wildman–Crippen MR) is 76.9 cm³/mol. The van der Waals surface area contributed by atoms with Gasteiger partial charge in [-0.25, -0.2) is 0 Å². The van der Waals surface area contributed by atoms with Gasteiger partial charge >= 0.3 is 0 Å². The number of nitrogens with zero attached hydrogens (tertiary/aromatic N) is 4. The van der Waals surface area contributed by atoms with Gasteiger partial charge in [-0.3, -0.25) is 9.48 Å². The Labute approximate surface area is 123 Å². The van der Waals surface area contributed by atoms with E-state index in [1.807, 2.05) is 29.5 Å². The molecule has 0 bridgehead atoms. The number of aromatic nitrogens is 3. The third-order valence-corrected chi connectivity index (χ3v) is 3.91. The van der Waals surface area contributed by atoms with Crippen LogP contribution in [0.25, 0.3) is 0 Å². The molecule has 112 valence electrons. The van der Waals surface area contributed by atoms with Crippen LogP contribution in [0.4, 0.5) is 0 Å². The molecule has 6 nitrogen and oxygen atoms in total. The maximum atomic E-state index is 12.3. The van der Waals surface area contributed by atoms with Crippen LogP contribution in [0, 0.1) is 20.8 Å². The Morgan fingerprint density at radius 3 is 2.76 bits per heavy atom. The van der Waals surface area contributed by atoms with Gasteiger partial charge in [0, 0.05) is 24.8 Å². The van der Waals surface area contributed by atoms with Crippen LogP contribution >= 0.6 is 0 Å². The van der Waals surface area contributed by atoms with Crippen LogP contribution in [-0.4, -0.2) is 38.8 Å². The molecule has 3 heterocycles. The summed E-state index contributed by atoms with van der Waals surface area (Å²) in [6, 6.07) is 4.16. The zero-order valence-corrected chi connectivity index (χ0v) is 12.7.